The fourth-order valence-corrected chi connectivity index (χ4v) is 2.89. The van der Waals surface area contributed by atoms with Crippen molar-refractivity contribution in [2.24, 2.45) is 0 Å². The van der Waals surface area contributed by atoms with Crippen LogP contribution in [0.15, 0.2) is 24.0 Å². The Bertz CT molecular complexity index is 279. The van der Waals surface area contributed by atoms with Crippen molar-refractivity contribution in [1.82, 2.24) is 0 Å². The number of ether oxygens (including phenoxy) is 1. The molecule has 0 radical (unpaired) electrons. The molecule has 118 valence electrons. The second-order valence-corrected chi connectivity index (χ2v) is 10.3. The van der Waals surface area contributed by atoms with Crippen LogP contribution in [0.3, 0.4) is 0 Å². The van der Waals surface area contributed by atoms with Crippen LogP contribution in [0.25, 0.3) is 0 Å². The van der Waals surface area contributed by atoms with Crippen LogP contribution in [-0.2, 0) is 9.16 Å². The van der Waals surface area contributed by atoms with Gasteiger partial charge in [0.2, 0.25) is 8.32 Å². The summed E-state index contributed by atoms with van der Waals surface area (Å²) in [4.78, 5) is 0. The first kappa shape index (κ1) is 19.5. The SMILES string of the molecule is CCCCCCCC=CCO[Si](C)(C)COC=C(C)C. The number of hydrogen-bond acceptors (Lipinski definition) is 2. The minimum Gasteiger partial charge on any atom is -0.502 e. The van der Waals surface area contributed by atoms with E-state index in [0.717, 1.165) is 12.8 Å². The molecule has 2 nitrogen and oxygen atoms in total. The maximum Gasteiger partial charge on any atom is 0.225 e. The number of unbranched alkanes of at least 4 members (excludes halogenated alkanes) is 5. The van der Waals surface area contributed by atoms with Crippen molar-refractivity contribution in [1.29, 1.82) is 0 Å². The molecule has 0 saturated carbocycles. The molecule has 0 saturated heterocycles. The van der Waals surface area contributed by atoms with Crippen molar-refractivity contribution >= 4 is 8.32 Å². The van der Waals surface area contributed by atoms with Crippen molar-refractivity contribution in [2.75, 3.05) is 12.8 Å². The summed E-state index contributed by atoms with van der Waals surface area (Å²) in [6, 6.07) is 0. The Morgan fingerprint density at radius 1 is 1.00 bits per heavy atom. The second-order valence-electron chi connectivity index (χ2n) is 6.25. The van der Waals surface area contributed by atoms with Crippen molar-refractivity contribution < 1.29 is 9.16 Å². The highest BCUT2D eigenvalue weighted by atomic mass is 28.4. The monoisotopic (exact) mass is 298 g/mol. The van der Waals surface area contributed by atoms with Crippen LogP contribution in [0.1, 0.15) is 59.3 Å². The van der Waals surface area contributed by atoms with Gasteiger partial charge in [0.05, 0.1) is 12.9 Å². The van der Waals surface area contributed by atoms with Crippen LogP contribution in [0.5, 0.6) is 0 Å². The lowest BCUT2D eigenvalue weighted by atomic mass is 10.1. The number of hydrogen-bond donors (Lipinski definition) is 0. The summed E-state index contributed by atoms with van der Waals surface area (Å²) >= 11 is 0. The predicted octanol–water partition coefficient (Wildman–Crippen LogP) is 5.60. The number of allylic oxidation sites excluding steroid dienone is 2. The minimum absolute atomic E-state index is 0.725. The van der Waals surface area contributed by atoms with Crippen molar-refractivity contribution in [3.8, 4) is 0 Å². The lowest BCUT2D eigenvalue weighted by Gasteiger charge is -2.21. The molecule has 0 aromatic rings. The largest absolute Gasteiger partial charge is 0.502 e. The average Bonchev–Trinajstić information content (AvgIpc) is 2.36. The highest BCUT2D eigenvalue weighted by Crippen LogP contribution is 2.07. The summed E-state index contributed by atoms with van der Waals surface area (Å²) in [5.41, 5.74) is 1.19. The molecule has 0 aliphatic carbocycles. The van der Waals surface area contributed by atoms with Gasteiger partial charge >= 0.3 is 0 Å². The third kappa shape index (κ3) is 13.9. The van der Waals surface area contributed by atoms with E-state index >= 15 is 0 Å². The van der Waals surface area contributed by atoms with E-state index in [1.165, 1.54) is 44.1 Å². The summed E-state index contributed by atoms with van der Waals surface area (Å²) in [5, 5.41) is 0. The van der Waals surface area contributed by atoms with Crippen LogP contribution in [0.4, 0.5) is 0 Å². The molecule has 0 heterocycles. The molecule has 0 atom stereocenters. The first-order chi connectivity index (χ1) is 9.48. The highest BCUT2D eigenvalue weighted by molar-refractivity contribution is 6.71. The fraction of sp³-hybridized carbons (Fsp3) is 0.765. The Morgan fingerprint density at radius 3 is 2.35 bits per heavy atom. The Balaban J connectivity index is 3.58. The minimum atomic E-state index is -1.67. The van der Waals surface area contributed by atoms with Gasteiger partial charge in [0.25, 0.3) is 0 Å². The lowest BCUT2D eigenvalue weighted by Crippen LogP contribution is -2.36. The zero-order valence-electron chi connectivity index (χ0n) is 14.2. The van der Waals surface area contributed by atoms with E-state index in [1.807, 2.05) is 20.1 Å². The molecular weight excluding hydrogens is 264 g/mol. The molecule has 0 aliphatic heterocycles. The Morgan fingerprint density at radius 2 is 1.70 bits per heavy atom. The lowest BCUT2D eigenvalue weighted by molar-refractivity contribution is 0.255. The molecule has 0 amide bonds. The van der Waals surface area contributed by atoms with Crippen LogP contribution in [0, 0.1) is 0 Å². The number of rotatable bonds is 12. The summed E-state index contributed by atoms with van der Waals surface area (Å²) in [6.07, 6.45) is 14.9. The smallest absolute Gasteiger partial charge is 0.225 e. The zero-order chi connectivity index (χ0) is 15.3. The zero-order valence-corrected chi connectivity index (χ0v) is 15.2. The van der Waals surface area contributed by atoms with Crippen LogP contribution in [0.2, 0.25) is 13.1 Å². The van der Waals surface area contributed by atoms with Gasteiger partial charge in [-0.25, -0.2) is 0 Å². The van der Waals surface area contributed by atoms with Gasteiger partial charge < -0.3 is 9.16 Å². The Labute approximate surface area is 127 Å². The van der Waals surface area contributed by atoms with E-state index in [0.29, 0.717) is 0 Å². The molecular formula is C17H34O2Si. The quantitative estimate of drug-likeness (QED) is 0.202. The molecule has 20 heavy (non-hydrogen) atoms. The van der Waals surface area contributed by atoms with Gasteiger partial charge in [-0.15, -0.1) is 0 Å². The van der Waals surface area contributed by atoms with E-state index in [-0.39, 0.29) is 0 Å². The highest BCUT2D eigenvalue weighted by Gasteiger charge is 2.22. The predicted molar refractivity (Wildman–Crippen MR) is 91.3 cm³/mol. The van der Waals surface area contributed by atoms with Crippen molar-refractivity contribution in [3.63, 3.8) is 0 Å². The Hall–Kier alpha value is -0.543. The van der Waals surface area contributed by atoms with Gasteiger partial charge in [-0.05, 0) is 45.4 Å². The molecule has 0 N–H and O–H groups in total. The summed E-state index contributed by atoms with van der Waals surface area (Å²) < 4.78 is 11.5. The first-order valence-electron chi connectivity index (χ1n) is 8.02. The molecule has 0 unspecified atom stereocenters. The van der Waals surface area contributed by atoms with Gasteiger partial charge in [-0.3, -0.25) is 0 Å². The van der Waals surface area contributed by atoms with Crippen LogP contribution < -0.4 is 0 Å². The third-order valence-corrected chi connectivity index (χ3v) is 4.77. The van der Waals surface area contributed by atoms with E-state index in [4.69, 9.17) is 9.16 Å². The summed E-state index contributed by atoms with van der Waals surface area (Å²) in [7, 11) is -1.67. The van der Waals surface area contributed by atoms with Gasteiger partial charge in [-0.1, -0.05) is 44.8 Å². The topological polar surface area (TPSA) is 18.5 Å². The normalized spacial score (nSPS) is 11.8. The molecule has 0 rings (SSSR count). The molecule has 0 aliphatic rings. The fourth-order valence-electron chi connectivity index (χ4n) is 1.78. The van der Waals surface area contributed by atoms with Crippen LogP contribution in [-0.4, -0.2) is 21.2 Å². The summed E-state index contributed by atoms with van der Waals surface area (Å²) in [6.45, 7) is 11.5. The van der Waals surface area contributed by atoms with Gasteiger partial charge in [0.1, 0.15) is 6.23 Å². The standard InChI is InChI=1S/C17H34O2Si/c1-6-7-8-9-10-11-12-13-14-19-20(4,5)16-18-15-17(2)3/h12-13,15H,6-11,14,16H2,1-5H3. The van der Waals surface area contributed by atoms with Gasteiger partial charge in [0, 0.05) is 0 Å². The van der Waals surface area contributed by atoms with Gasteiger partial charge in [0.15, 0.2) is 0 Å². The average molecular weight is 299 g/mol. The second kappa shape index (κ2) is 12.2. The molecule has 0 spiro atoms. The van der Waals surface area contributed by atoms with Crippen molar-refractivity contribution in [2.45, 2.75) is 72.4 Å². The Kier molecular flexibility index (Phi) is 11.9. The van der Waals surface area contributed by atoms with E-state index in [2.05, 4.69) is 32.2 Å². The van der Waals surface area contributed by atoms with Crippen molar-refractivity contribution in [3.05, 3.63) is 24.0 Å². The molecule has 0 aromatic heterocycles. The maximum absolute atomic E-state index is 5.95. The van der Waals surface area contributed by atoms with E-state index < -0.39 is 8.32 Å². The van der Waals surface area contributed by atoms with Crippen LogP contribution >= 0.6 is 0 Å². The molecule has 3 heteroatoms. The summed E-state index contributed by atoms with van der Waals surface area (Å²) in [5.74, 6) is 0. The van der Waals surface area contributed by atoms with Gasteiger partial charge in [-0.2, -0.15) is 0 Å². The molecule has 0 aromatic carbocycles. The molecule has 0 bridgehead atoms. The molecule has 0 fully saturated rings. The van der Waals surface area contributed by atoms with E-state index in [1.54, 1.807) is 0 Å². The maximum atomic E-state index is 5.95. The third-order valence-electron chi connectivity index (χ3n) is 2.96. The van der Waals surface area contributed by atoms with E-state index in [9.17, 15) is 0 Å². The first-order valence-corrected chi connectivity index (χ1v) is 11.1.